The van der Waals surface area contributed by atoms with E-state index in [4.69, 9.17) is 15.6 Å². The van der Waals surface area contributed by atoms with Crippen molar-refractivity contribution < 1.29 is 24.2 Å². The summed E-state index contributed by atoms with van der Waals surface area (Å²) in [5.74, 6) is -2.09. The van der Waals surface area contributed by atoms with Gasteiger partial charge in [0.1, 0.15) is 6.04 Å². The van der Waals surface area contributed by atoms with Gasteiger partial charge >= 0.3 is 12.0 Å². The zero-order chi connectivity index (χ0) is 15.7. The number of hydrogen-bond acceptors (Lipinski definition) is 4. The third kappa shape index (κ3) is 6.37. The number of nitrogens with two attached hydrogens (primary N) is 1. The van der Waals surface area contributed by atoms with Crippen LogP contribution in [0, 0.1) is 0 Å². The molecule has 0 fully saturated rings. The first-order valence-electron chi connectivity index (χ1n) is 6.40. The van der Waals surface area contributed by atoms with Crippen LogP contribution in [0.2, 0.25) is 0 Å². The lowest BCUT2D eigenvalue weighted by Gasteiger charge is -2.29. The Kier molecular flexibility index (Phi) is 8.30. The first kappa shape index (κ1) is 18.2. The lowest BCUT2D eigenvalue weighted by atomic mass is 10.2. The molecule has 0 radical (unpaired) electrons. The van der Waals surface area contributed by atoms with Crippen LogP contribution in [0.3, 0.4) is 0 Å². The molecule has 8 heteroatoms. The molecular weight excluding hydrogens is 266 g/mol. The molecule has 20 heavy (non-hydrogen) atoms. The maximum absolute atomic E-state index is 12.1. The van der Waals surface area contributed by atoms with Crippen LogP contribution >= 0.6 is 0 Å². The highest BCUT2D eigenvalue weighted by Crippen LogP contribution is 2.05. The first-order valence-corrected chi connectivity index (χ1v) is 6.40. The fraction of sp³-hybridized carbons (Fsp3) is 0.750. The maximum atomic E-state index is 12.1. The summed E-state index contributed by atoms with van der Waals surface area (Å²) in [5, 5.41) is 11.3. The topological polar surface area (TPSA) is 122 Å². The lowest BCUT2D eigenvalue weighted by Crippen LogP contribution is -2.52. The van der Waals surface area contributed by atoms with Gasteiger partial charge in [-0.15, -0.1) is 0 Å². The van der Waals surface area contributed by atoms with Crippen molar-refractivity contribution in [1.29, 1.82) is 0 Å². The number of ether oxygens (including phenoxy) is 1. The van der Waals surface area contributed by atoms with E-state index in [1.807, 2.05) is 13.8 Å². The van der Waals surface area contributed by atoms with Gasteiger partial charge < -0.3 is 25.8 Å². The number of aliphatic carboxylic acids is 1. The van der Waals surface area contributed by atoms with Gasteiger partial charge in [0, 0.05) is 19.7 Å². The van der Waals surface area contributed by atoms with Gasteiger partial charge in [-0.3, -0.25) is 4.79 Å². The van der Waals surface area contributed by atoms with E-state index < -0.39 is 30.4 Å². The monoisotopic (exact) mass is 289 g/mol. The smallest absolute Gasteiger partial charge is 0.326 e. The van der Waals surface area contributed by atoms with Gasteiger partial charge in [0.25, 0.3) is 0 Å². The Morgan fingerprint density at radius 1 is 1.40 bits per heavy atom. The summed E-state index contributed by atoms with van der Waals surface area (Å²) in [6.07, 6.45) is 0.268. The van der Waals surface area contributed by atoms with Gasteiger partial charge in [0.05, 0.1) is 13.0 Å². The Morgan fingerprint density at radius 2 is 2.00 bits per heavy atom. The van der Waals surface area contributed by atoms with Gasteiger partial charge in [-0.1, -0.05) is 6.92 Å². The molecule has 2 atom stereocenters. The molecular formula is C12H23N3O5. The van der Waals surface area contributed by atoms with E-state index in [0.29, 0.717) is 19.6 Å². The highest BCUT2D eigenvalue weighted by Gasteiger charge is 2.26. The SMILES string of the molecule is CCC(C)N(CCOC)C(=O)NC(CC(N)=O)C(=O)O. The van der Waals surface area contributed by atoms with Crippen LogP contribution < -0.4 is 11.1 Å². The summed E-state index contributed by atoms with van der Waals surface area (Å²) in [7, 11) is 1.51. The van der Waals surface area contributed by atoms with Gasteiger partial charge in [-0.05, 0) is 13.3 Å². The standard InChI is InChI=1S/C12H23N3O5/c1-4-8(2)15(5-6-20-3)12(19)14-9(11(17)18)7-10(13)16/h8-9H,4-7H2,1-3H3,(H2,13,16)(H,14,19)(H,17,18). The third-order valence-electron chi connectivity index (χ3n) is 2.92. The molecule has 0 aromatic rings. The third-order valence-corrected chi connectivity index (χ3v) is 2.92. The summed E-state index contributed by atoms with van der Waals surface area (Å²) >= 11 is 0. The molecule has 0 spiro atoms. The minimum Gasteiger partial charge on any atom is -0.480 e. The highest BCUT2D eigenvalue weighted by atomic mass is 16.5. The molecule has 2 unspecified atom stereocenters. The van der Waals surface area contributed by atoms with Crippen molar-refractivity contribution in [1.82, 2.24) is 10.2 Å². The first-order chi connectivity index (χ1) is 9.33. The Morgan fingerprint density at radius 3 is 2.40 bits per heavy atom. The molecule has 4 N–H and O–H groups in total. The molecule has 0 heterocycles. The molecule has 0 aromatic carbocycles. The van der Waals surface area contributed by atoms with E-state index >= 15 is 0 Å². The van der Waals surface area contributed by atoms with Crippen molar-refractivity contribution >= 4 is 17.9 Å². The van der Waals surface area contributed by atoms with Crippen LogP contribution in [-0.4, -0.2) is 60.3 Å². The Balaban J connectivity index is 4.77. The fourth-order valence-electron chi connectivity index (χ4n) is 1.57. The number of hydrogen-bond donors (Lipinski definition) is 3. The molecule has 116 valence electrons. The Hall–Kier alpha value is -1.83. The zero-order valence-corrected chi connectivity index (χ0v) is 12.1. The molecule has 0 bridgehead atoms. The normalized spacial score (nSPS) is 13.3. The predicted molar refractivity (Wildman–Crippen MR) is 72.1 cm³/mol. The molecule has 8 nitrogen and oxygen atoms in total. The number of primary amides is 1. The second kappa shape index (κ2) is 9.13. The molecule has 0 saturated carbocycles. The van der Waals surface area contributed by atoms with Gasteiger partial charge in [0.15, 0.2) is 0 Å². The highest BCUT2D eigenvalue weighted by molar-refractivity contribution is 5.87. The van der Waals surface area contributed by atoms with Crippen molar-refractivity contribution in [3.05, 3.63) is 0 Å². The van der Waals surface area contributed by atoms with Gasteiger partial charge in [-0.2, -0.15) is 0 Å². The molecule has 0 rings (SSSR count). The van der Waals surface area contributed by atoms with E-state index in [1.165, 1.54) is 12.0 Å². The van der Waals surface area contributed by atoms with Crippen molar-refractivity contribution in [3.63, 3.8) is 0 Å². The maximum Gasteiger partial charge on any atom is 0.326 e. The Bertz CT molecular complexity index is 348. The second-order valence-corrected chi connectivity index (χ2v) is 4.45. The number of nitrogens with one attached hydrogen (secondary N) is 1. The molecule has 0 aromatic heterocycles. The quantitative estimate of drug-likeness (QED) is 0.541. The number of methoxy groups -OCH3 is 1. The van der Waals surface area contributed by atoms with E-state index in [0.717, 1.165) is 0 Å². The molecule has 0 aliphatic heterocycles. The minimum absolute atomic E-state index is 0.0758. The van der Waals surface area contributed by atoms with Crippen molar-refractivity contribution in [3.8, 4) is 0 Å². The van der Waals surface area contributed by atoms with Crippen LogP contribution in [0.25, 0.3) is 0 Å². The number of carbonyl (C=O) groups excluding carboxylic acids is 2. The largest absolute Gasteiger partial charge is 0.480 e. The summed E-state index contributed by atoms with van der Waals surface area (Å²) < 4.78 is 4.92. The molecule has 0 aliphatic rings. The van der Waals surface area contributed by atoms with Crippen LogP contribution in [0.15, 0.2) is 0 Å². The van der Waals surface area contributed by atoms with Gasteiger partial charge in [-0.25, -0.2) is 9.59 Å². The summed E-state index contributed by atoms with van der Waals surface area (Å²) in [6, 6.07) is -1.95. The Labute approximate surface area is 118 Å². The van der Waals surface area contributed by atoms with Crippen molar-refractivity contribution in [2.45, 2.75) is 38.8 Å². The van der Waals surface area contributed by atoms with E-state index in [9.17, 15) is 14.4 Å². The number of amides is 3. The predicted octanol–water partition coefficient (Wildman–Crippen LogP) is -0.228. The number of carboxylic acid groups (broad SMARTS) is 1. The summed E-state index contributed by atoms with van der Waals surface area (Å²) in [4.78, 5) is 35.3. The zero-order valence-electron chi connectivity index (χ0n) is 12.1. The number of carboxylic acids is 1. The van der Waals surface area contributed by atoms with Crippen LogP contribution in [0.1, 0.15) is 26.7 Å². The lowest BCUT2D eigenvalue weighted by molar-refractivity contribution is -0.141. The van der Waals surface area contributed by atoms with Gasteiger partial charge in [0.2, 0.25) is 5.91 Å². The molecule has 0 saturated heterocycles. The number of carbonyl (C=O) groups is 3. The number of urea groups is 1. The van der Waals surface area contributed by atoms with Crippen LogP contribution in [-0.2, 0) is 14.3 Å². The van der Waals surface area contributed by atoms with Crippen LogP contribution in [0.5, 0.6) is 0 Å². The van der Waals surface area contributed by atoms with Crippen molar-refractivity contribution in [2.75, 3.05) is 20.3 Å². The average molecular weight is 289 g/mol. The summed E-state index contributed by atoms with van der Waals surface area (Å²) in [5.41, 5.74) is 4.96. The number of rotatable bonds is 9. The molecule has 0 aliphatic carbocycles. The van der Waals surface area contributed by atoms with Crippen LogP contribution in [0.4, 0.5) is 4.79 Å². The van der Waals surface area contributed by atoms with E-state index in [2.05, 4.69) is 5.32 Å². The molecule has 3 amide bonds. The second-order valence-electron chi connectivity index (χ2n) is 4.45. The fourth-order valence-corrected chi connectivity index (χ4v) is 1.57. The number of nitrogens with zero attached hydrogens (tertiary/aromatic N) is 1. The van der Waals surface area contributed by atoms with E-state index in [-0.39, 0.29) is 6.04 Å². The summed E-state index contributed by atoms with van der Waals surface area (Å²) in [6.45, 7) is 4.43. The average Bonchev–Trinajstić information content (AvgIpc) is 2.37. The minimum atomic E-state index is -1.32. The van der Waals surface area contributed by atoms with E-state index in [1.54, 1.807) is 0 Å². The van der Waals surface area contributed by atoms with Crippen molar-refractivity contribution in [2.24, 2.45) is 5.73 Å².